The molecule has 0 saturated heterocycles. The van der Waals surface area contributed by atoms with E-state index in [0.717, 1.165) is 5.56 Å². The topological polar surface area (TPSA) is 78.5 Å². The van der Waals surface area contributed by atoms with Gasteiger partial charge >= 0.3 is 0 Å². The molecule has 0 radical (unpaired) electrons. The standard InChI is InChI=1S/C18H22ClN3O3S/c1-13(23)21-14-8-10-15(11-9-14)26(24,25)20-12-18(22(2)3)16-6-4-5-7-17(16)19/h4-11,18,20H,12H2,1-3H3,(H,21,23)/t18-/m0/s1. The van der Waals surface area contributed by atoms with Gasteiger partial charge in [0.1, 0.15) is 0 Å². The lowest BCUT2D eigenvalue weighted by atomic mass is 10.1. The molecule has 1 atom stereocenters. The number of hydrogen-bond donors (Lipinski definition) is 2. The highest BCUT2D eigenvalue weighted by Gasteiger charge is 2.21. The zero-order valence-electron chi connectivity index (χ0n) is 14.9. The summed E-state index contributed by atoms with van der Waals surface area (Å²) < 4.78 is 27.7. The van der Waals surface area contributed by atoms with Gasteiger partial charge in [0.25, 0.3) is 0 Å². The van der Waals surface area contributed by atoms with Crippen LogP contribution in [0.25, 0.3) is 0 Å². The van der Waals surface area contributed by atoms with Crippen LogP contribution in [0, 0.1) is 0 Å². The Morgan fingerprint density at radius 2 is 1.73 bits per heavy atom. The molecule has 0 aromatic heterocycles. The van der Waals surface area contributed by atoms with Crippen LogP contribution in [-0.2, 0) is 14.8 Å². The summed E-state index contributed by atoms with van der Waals surface area (Å²) in [5, 5.41) is 3.19. The molecule has 0 fully saturated rings. The molecule has 0 aliphatic rings. The van der Waals surface area contributed by atoms with Crippen LogP contribution < -0.4 is 10.0 Å². The summed E-state index contributed by atoms with van der Waals surface area (Å²) in [7, 11) is 0.0438. The second-order valence-corrected chi connectivity index (χ2v) is 8.23. The van der Waals surface area contributed by atoms with Gasteiger partial charge < -0.3 is 10.2 Å². The molecular weight excluding hydrogens is 374 g/mol. The molecule has 26 heavy (non-hydrogen) atoms. The number of nitrogens with zero attached hydrogens (tertiary/aromatic N) is 1. The predicted molar refractivity (Wildman–Crippen MR) is 104 cm³/mol. The minimum absolute atomic E-state index is 0.128. The smallest absolute Gasteiger partial charge is 0.240 e. The van der Waals surface area contributed by atoms with Crippen LogP contribution >= 0.6 is 11.6 Å². The van der Waals surface area contributed by atoms with Crippen molar-refractivity contribution in [1.82, 2.24) is 9.62 Å². The lowest BCUT2D eigenvalue weighted by molar-refractivity contribution is -0.114. The Bertz CT molecular complexity index is 868. The zero-order valence-corrected chi connectivity index (χ0v) is 16.4. The maximum absolute atomic E-state index is 12.6. The average Bonchev–Trinajstić information content (AvgIpc) is 2.56. The normalized spacial score (nSPS) is 12.8. The van der Waals surface area contributed by atoms with Crippen LogP contribution in [0.4, 0.5) is 5.69 Å². The second-order valence-electron chi connectivity index (χ2n) is 6.06. The van der Waals surface area contributed by atoms with E-state index in [0.29, 0.717) is 10.7 Å². The first-order valence-electron chi connectivity index (χ1n) is 7.99. The van der Waals surface area contributed by atoms with E-state index >= 15 is 0 Å². The number of carbonyl (C=O) groups excluding carboxylic acids is 1. The summed E-state index contributed by atoms with van der Waals surface area (Å²) in [6.45, 7) is 1.56. The molecule has 2 N–H and O–H groups in total. The molecule has 1 amide bonds. The van der Waals surface area contributed by atoms with Crippen molar-refractivity contribution in [3.63, 3.8) is 0 Å². The fourth-order valence-corrected chi connectivity index (χ4v) is 3.81. The SMILES string of the molecule is CC(=O)Nc1ccc(S(=O)(=O)NC[C@@H](c2ccccc2Cl)N(C)C)cc1. The largest absolute Gasteiger partial charge is 0.326 e. The minimum Gasteiger partial charge on any atom is -0.326 e. The number of nitrogens with one attached hydrogen (secondary N) is 2. The summed E-state index contributed by atoms with van der Waals surface area (Å²) >= 11 is 6.25. The van der Waals surface area contributed by atoms with Crippen LogP contribution in [0.15, 0.2) is 53.4 Å². The fourth-order valence-electron chi connectivity index (χ4n) is 2.51. The van der Waals surface area contributed by atoms with Gasteiger partial charge in [0.05, 0.1) is 4.90 Å². The Labute approximate surface area is 159 Å². The molecule has 0 spiro atoms. The Morgan fingerprint density at radius 1 is 1.12 bits per heavy atom. The first-order chi connectivity index (χ1) is 12.2. The van der Waals surface area contributed by atoms with Crippen molar-refractivity contribution < 1.29 is 13.2 Å². The maximum atomic E-state index is 12.6. The van der Waals surface area contributed by atoms with Crippen LogP contribution in [0.3, 0.4) is 0 Å². The molecule has 2 aromatic carbocycles. The van der Waals surface area contributed by atoms with Gasteiger partial charge in [-0.3, -0.25) is 4.79 Å². The molecule has 0 saturated carbocycles. The van der Waals surface area contributed by atoms with Crippen molar-refractivity contribution in [3.8, 4) is 0 Å². The highest BCUT2D eigenvalue weighted by Crippen LogP contribution is 2.26. The van der Waals surface area contributed by atoms with E-state index in [9.17, 15) is 13.2 Å². The summed E-state index contributed by atoms with van der Waals surface area (Å²) in [4.78, 5) is 13.1. The summed E-state index contributed by atoms with van der Waals surface area (Å²) in [5.41, 5.74) is 1.39. The first kappa shape index (κ1) is 20.4. The molecular formula is C18H22ClN3O3S. The van der Waals surface area contributed by atoms with Crippen molar-refractivity contribution in [2.45, 2.75) is 17.9 Å². The van der Waals surface area contributed by atoms with Crippen LogP contribution in [0.5, 0.6) is 0 Å². The van der Waals surface area contributed by atoms with Gasteiger partial charge in [-0.05, 0) is 50.0 Å². The quantitative estimate of drug-likeness (QED) is 0.755. The molecule has 0 unspecified atom stereocenters. The lowest BCUT2D eigenvalue weighted by Crippen LogP contribution is -2.34. The zero-order chi connectivity index (χ0) is 19.3. The van der Waals surface area contributed by atoms with E-state index in [-0.39, 0.29) is 23.4 Å². The van der Waals surface area contributed by atoms with E-state index in [1.165, 1.54) is 19.1 Å². The average molecular weight is 396 g/mol. The van der Waals surface area contributed by atoms with Gasteiger partial charge in [0, 0.05) is 30.2 Å². The molecule has 8 heteroatoms. The molecule has 0 aliphatic carbocycles. The Balaban J connectivity index is 2.15. The molecule has 0 aliphatic heterocycles. The second kappa shape index (κ2) is 8.64. The monoisotopic (exact) mass is 395 g/mol. The van der Waals surface area contributed by atoms with Crippen molar-refractivity contribution in [2.24, 2.45) is 0 Å². The fraction of sp³-hybridized carbons (Fsp3) is 0.278. The summed E-state index contributed by atoms with van der Waals surface area (Å²) in [6, 6.07) is 13.2. The molecule has 2 rings (SSSR count). The van der Waals surface area contributed by atoms with E-state index in [4.69, 9.17) is 11.6 Å². The minimum atomic E-state index is -3.69. The Morgan fingerprint density at radius 3 is 2.27 bits per heavy atom. The third-order valence-electron chi connectivity index (χ3n) is 3.84. The van der Waals surface area contributed by atoms with Crippen LogP contribution in [0.1, 0.15) is 18.5 Å². The van der Waals surface area contributed by atoms with E-state index in [2.05, 4.69) is 10.0 Å². The van der Waals surface area contributed by atoms with Crippen molar-refractivity contribution in [3.05, 3.63) is 59.1 Å². The van der Waals surface area contributed by atoms with E-state index in [1.807, 2.05) is 37.2 Å². The number of hydrogen-bond acceptors (Lipinski definition) is 4. The molecule has 140 valence electrons. The van der Waals surface area contributed by atoms with Crippen molar-refractivity contribution in [1.29, 1.82) is 0 Å². The highest BCUT2D eigenvalue weighted by atomic mass is 35.5. The maximum Gasteiger partial charge on any atom is 0.240 e. The number of amides is 1. The third kappa shape index (κ3) is 5.28. The van der Waals surface area contributed by atoms with Crippen molar-refractivity contribution >= 4 is 33.2 Å². The highest BCUT2D eigenvalue weighted by molar-refractivity contribution is 7.89. The predicted octanol–water partition coefficient (Wildman–Crippen LogP) is 2.88. The Hall–Kier alpha value is -1.93. The van der Waals surface area contributed by atoms with E-state index < -0.39 is 10.0 Å². The van der Waals surface area contributed by atoms with Crippen LogP contribution in [0.2, 0.25) is 5.02 Å². The van der Waals surface area contributed by atoms with E-state index in [1.54, 1.807) is 18.2 Å². The lowest BCUT2D eigenvalue weighted by Gasteiger charge is -2.26. The van der Waals surface area contributed by atoms with Gasteiger partial charge in [-0.25, -0.2) is 13.1 Å². The van der Waals surface area contributed by atoms with Gasteiger partial charge in [0.2, 0.25) is 15.9 Å². The molecule has 0 bridgehead atoms. The number of anilines is 1. The number of benzene rings is 2. The number of carbonyl (C=O) groups is 1. The Kier molecular flexibility index (Phi) is 6.77. The van der Waals surface area contributed by atoms with Gasteiger partial charge in [0.15, 0.2) is 0 Å². The van der Waals surface area contributed by atoms with Crippen molar-refractivity contribution in [2.75, 3.05) is 26.0 Å². The summed E-state index contributed by atoms with van der Waals surface area (Å²) in [6.07, 6.45) is 0. The molecule has 2 aromatic rings. The summed E-state index contributed by atoms with van der Waals surface area (Å²) in [5.74, 6) is -0.215. The number of rotatable bonds is 7. The van der Waals surface area contributed by atoms with Crippen LogP contribution in [-0.4, -0.2) is 39.9 Å². The molecule has 0 heterocycles. The first-order valence-corrected chi connectivity index (χ1v) is 9.85. The number of sulfonamides is 1. The van der Waals surface area contributed by atoms with Gasteiger partial charge in [-0.1, -0.05) is 29.8 Å². The number of likely N-dealkylation sites (N-methyl/N-ethyl adjacent to an activating group) is 1. The third-order valence-corrected chi connectivity index (χ3v) is 5.62. The molecule has 6 nitrogen and oxygen atoms in total. The van der Waals surface area contributed by atoms with Gasteiger partial charge in [-0.2, -0.15) is 0 Å². The van der Waals surface area contributed by atoms with Gasteiger partial charge in [-0.15, -0.1) is 0 Å². The number of halogens is 1.